The minimum Gasteiger partial charge on any atom is -0.376 e. The second kappa shape index (κ2) is 7.64. The second-order valence-electron chi connectivity index (χ2n) is 6.77. The van der Waals surface area contributed by atoms with E-state index in [0.29, 0.717) is 12.1 Å². The third kappa shape index (κ3) is 3.95. The number of hydrogen-bond donors (Lipinski definition) is 1. The summed E-state index contributed by atoms with van der Waals surface area (Å²) in [7, 11) is 0. The Kier molecular flexibility index (Phi) is 6.15. The first-order valence-electron chi connectivity index (χ1n) is 8.61. The molecule has 0 aromatic rings. The van der Waals surface area contributed by atoms with Crippen molar-refractivity contribution >= 4 is 0 Å². The molecule has 1 aliphatic heterocycles. The predicted octanol–water partition coefficient (Wildman–Crippen LogP) is 4.00. The molecule has 1 N–H and O–H groups in total. The standard InChI is InChI=1S/C17H33NO/c1-4-11-18-16(17-13(3)10-12-19-17)15-8-6-14(5-2)7-9-15/h13-18H,4-12H2,1-3H3. The van der Waals surface area contributed by atoms with Crippen LogP contribution in [0.2, 0.25) is 0 Å². The molecule has 2 heteroatoms. The van der Waals surface area contributed by atoms with Gasteiger partial charge in [0.1, 0.15) is 0 Å². The maximum atomic E-state index is 6.07. The monoisotopic (exact) mass is 267 g/mol. The van der Waals surface area contributed by atoms with Crippen LogP contribution in [0.25, 0.3) is 0 Å². The topological polar surface area (TPSA) is 21.3 Å². The first-order chi connectivity index (χ1) is 9.26. The van der Waals surface area contributed by atoms with Crippen molar-refractivity contribution < 1.29 is 4.74 Å². The molecule has 1 saturated carbocycles. The van der Waals surface area contributed by atoms with E-state index in [4.69, 9.17) is 4.74 Å². The largest absolute Gasteiger partial charge is 0.376 e. The van der Waals surface area contributed by atoms with Crippen molar-refractivity contribution in [2.45, 2.75) is 77.9 Å². The molecular weight excluding hydrogens is 234 g/mol. The quantitative estimate of drug-likeness (QED) is 0.785. The van der Waals surface area contributed by atoms with Gasteiger partial charge in [-0.2, -0.15) is 0 Å². The van der Waals surface area contributed by atoms with Crippen molar-refractivity contribution in [3.8, 4) is 0 Å². The van der Waals surface area contributed by atoms with Crippen LogP contribution in [0, 0.1) is 17.8 Å². The summed E-state index contributed by atoms with van der Waals surface area (Å²) in [6, 6.07) is 0.607. The molecule has 3 unspecified atom stereocenters. The van der Waals surface area contributed by atoms with Gasteiger partial charge in [0, 0.05) is 12.6 Å². The van der Waals surface area contributed by atoms with Gasteiger partial charge >= 0.3 is 0 Å². The van der Waals surface area contributed by atoms with Crippen LogP contribution >= 0.6 is 0 Å². The van der Waals surface area contributed by atoms with Gasteiger partial charge in [0.05, 0.1) is 6.10 Å². The van der Waals surface area contributed by atoms with Crippen molar-refractivity contribution in [3.05, 3.63) is 0 Å². The van der Waals surface area contributed by atoms with E-state index < -0.39 is 0 Å². The van der Waals surface area contributed by atoms with Gasteiger partial charge in [-0.25, -0.2) is 0 Å². The van der Waals surface area contributed by atoms with Gasteiger partial charge in [-0.1, -0.05) is 40.0 Å². The van der Waals surface area contributed by atoms with E-state index in [0.717, 1.165) is 30.9 Å². The normalized spacial score (nSPS) is 37.4. The molecule has 2 rings (SSSR count). The van der Waals surface area contributed by atoms with E-state index >= 15 is 0 Å². The van der Waals surface area contributed by atoms with Gasteiger partial charge < -0.3 is 10.1 Å². The van der Waals surface area contributed by atoms with Crippen LogP contribution in [0.4, 0.5) is 0 Å². The Bertz CT molecular complexity index is 248. The molecule has 2 fully saturated rings. The lowest BCUT2D eigenvalue weighted by molar-refractivity contribution is 0.0296. The predicted molar refractivity (Wildman–Crippen MR) is 81.3 cm³/mol. The van der Waals surface area contributed by atoms with Crippen LogP contribution in [0.5, 0.6) is 0 Å². The Balaban J connectivity index is 1.93. The summed E-state index contributed by atoms with van der Waals surface area (Å²) in [4.78, 5) is 0. The Morgan fingerprint density at radius 1 is 1.11 bits per heavy atom. The van der Waals surface area contributed by atoms with E-state index in [1.165, 1.54) is 44.9 Å². The molecule has 2 aliphatic rings. The lowest BCUT2D eigenvalue weighted by Gasteiger charge is -2.38. The van der Waals surface area contributed by atoms with Crippen molar-refractivity contribution in [3.63, 3.8) is 0 Å². The maximum absolute atomic E-state index is 6.07. The van der Waals surface area contributed by atoms with Crippen molar-refractivity contribution in [1.29, 1.82) is 0 Å². The highest BCUT2D eigenvalue weighted by Crippen LogP contribution is 2.36. The van der Waals surface area contributed by atoms with Gasteiger partial charge in [-0.3, -0.25) is 0 Å². The third-order valence-electron chi connectivity index (χ3n) is 5.40. The summed E-state index contributed by atoms with van der Waals surface area (Å²) in [5, 5.41) is 3.82. The number of nitrogens with one attached hydrogen (secondary N) is 1. The Morgan fingerprint density at radius 2 is 1.84 bits per heavy atom. The lowest BCUT2D eigenvalue weighted by Crippen LogP contribution is -2.48. The third-order valence-corrected chi connectivity index (χ3v) is 5.40. The summed E-state index contributed by atoms with van der Waals surface area (Å²) in [5.74, 6) is 2.57. The maximum Gasteiger partial charge on any atom is 0.0756 e. The number of ether oxygens (including phenoxy) is 1. The highest BCUT2D eigenvalue weighted by molar-refractivity contribution is 4.91. The van der Waals surface area contributed by atoms with Gasteiger partial charge in [0.2, 0.25) is 0 Å². The number of hydrogen-bond acceptors (Lipinski definition) is 2. The van der Waals surface area contributed by atoms with E-state index in [9.17, 15) is 0 Å². The van der Waals surface area contributed by atoms with E-state index in [1.54, 1.807) is 0 Å². The summed E-state index contributed by atoms with van der Waals surface area (Å²) in [6.07, 6.45) is 10.0. The molecular formula is C17H33NO. The fraction of sp³-hybridized carbons (Fsp3) is 1.00. The molecule has 19 heavy (non-hydrogen) atoms. The fourth-order valence-corrected chi connectivity index (χ4v) is 3.99. The molecule has 0 aromatic carbocycles. The van der Waals surface area contributed by atoms with Crippen LogP contribution in [-0.4, -0.2) is 25.3 Å². The van der Waals surface area contributed by atoms with Crippen molar-refractivity contribution in [2.75, 3.05) is 13.2 Å². The fourth-order valence-electron chi connectivity index (χ4n) is 3.99. The van der Waals surface area contributed by atoms with Crippen LogP contribution in [0.3, 0.4) is 0 Å². The van der Waals surface area contributed by atoms with E-state index in [-0.39, 0.29) is 0 Å². The molecule has 1 aliphatic carbocycles. The van der Waals surface area contributed by atoms with Gasteiger partial charge in [0.25, 0.3) is 0 Å². The van der Waals surface area contributed by atoms with Gasteiger partial charge in [-0.05, 0) is 50.0 Å². The molecule has 0 spiro atoms. The molecule has 0 aromatic heterocycles. The molecule has 2 nitrogen and oxygen atoms in total. The van der Waals surface area contributed by atoms with Crippen molar-refractivity contribution in [1.82, 2.24) is 5.32 Å². The average Bonchev–Trinajstić information content (AvgIpc) is 2.86. The van der Waals surface area contributed by atoms with E-state index in [1.807, 2.05) is 0 Å². The van der Waals surface area contributed by atoms with Crippen molar-refractivity contribution in [2.24, 2.45) is 17.8 Å². The molecule has 3 atom stereocenters. The zero-order valence-corrected chi connectivity index (χ0v) is 13.2. The van der Waals surface area contributed by atoms with Crippen LogP contribution in [0.15, 0.2) is 0 Å². The molecule has 0 radical (unpaired) electrons. The molecule has 1 heterocycles. The van der Waals surface area contributed by atoms with Gasteiger partial charge in [0.15, 0.2) is 0 Å². The van der Waals surface area contributed by atoms with Gasteiger partial charge in [-0.15, -0.1) is 0 Å². The molecule has 1 saturated heterocycles. The highest BCUT2D eigenvalue weighted by atomic mass is 16.5. The summed E-state index contributed by atoms with van der Waals surface area (Å²) < 4.78 is 6.07. The first kappa shape index (κ1) is 15.3. The molecule has 0 amide bonds. The van der Waals surface area contributed by atoms with E-state index in [2.05, 4.69) is 26.1 Å². The van der Waals surface area contributed by atoms with Crippen LogP contribution < -0.4 is 5.32 Å². The molecule has 112 valence electrons. The minimum absolute atomic E-state index is 0.467. The summed E-state index contributed by atoms with van der Waals surface area (Å²) in [6.45, 7) is 9.10. The Hall–Kier alpha value is -0.0800. The zero-order valence-electron chi connectivity index (χ0n) is 13.2. The summed E-state index contributed by atoms with van der Waals surface area (Å²) >= 11 is 0. The minimum atomic E-state index is 0.467. The molecule has 0 bridgehead atoms. The average molecular weight is 267 g/mol. The zero-order chi connectivity index (χ0) is 13.7. The first-order valence-corrected chi connectivity index (χ1v) is 8.61. The SMILES string of the molecule is CCCNC(C1CCC(CC)CC1)C1OCCC1C. The second-order valence-corrected chi connectivity index (χ2v) is 6.77. The van der Waals surface area contributed by atoms with Crippen LogP contribution in [0.1, 0.15) is 65.7 Å². The Labute approximate surface area is 119 Å². The highest BCUT2D eigenvalue weighted by Gasteiger charge is 2.37. The summed E-state index contributed by atoms with van der Waals surface area (Å²) in [5.41, 5.74) is 0. The smallest absolute Gasteiger partial charge is 0.0756 e. The van der Waals surface area contributed by atoms with Crippen LogP contribution in [-0.2, 0) is 4.74 Å². The number of rotatable bonds is 6. The Morgan fingerprint density at radius 3 is 2.37 bits per heavy atom. The lowest BCUT2D eigenvalue weighted by atomic mass is 9.75.